The molecule has 6 heteroatoms. The Hall–Kier alpha value is -2.05. The van der Waals surface area contributed by atoms with Crippen LogP contribution in [-0.2, 0) is 0 Å². The van der Waals surface area contributed by atoms with Crippen molar-refractivity contribution in [1.82, 2.24) is 9.55 Å². The minimum Gasteiger partial charge on any atom is -0.492 e. The summed E-state index contributed by atoms with van der Waals surface area (Å²) in [7, 11) is 0. The highest BCUT2D eigenvalue weighted by Gasteiger charge is 2.29. The predicted octanol–water partition coefficient (Wildman–Crippen LogP) is 6.52. The number of rotatable bonds is 6. The van der Waals surface area contributed by atoms with Gasteiger partial charge in [-0.2, -0.15) is 4.98 Å². The van der Waals surface area contributed by atoms with Crippen molar-refractivity contribution in [3.05, 3.63) is 80.8 Å². The Kier molecular flexibility index (Phi) is 6.64. The van der Waals surface area contributed by atoms with Crippen molar-refractivity contribution in [3.63, 3.8) is 0 Å². The van der Waals surface area contributed by atoms with Crippen molar-refractivity contribution in [2.24, 2.45) is 0 Å². The van der Waals surface area contributed by atoms with Gasteiger partial charge in [-0.05, 0) is 49.1 Å². The Morgan fingerprint density at radius 3 is 2.43 bits per heavy atom. The molecule has 1 heterocycles. The van der Waals surface area contributed by atoms with Crippen LogP contribution in [0.2, 0.25) is 0 Å². The fourth-order valence-corrected chi connectivity index (χ4v) is 5.34. The summed E-state index contributed by atoms with van der Waals surface area (Å²) in [6, 6.07) is 17.7. The summed E-state index contributed by atoms with van der Waals surface area (Å²) < 4.78 is 2.82. The third kappa shape index (κ3) is 4.35. The summed E-state index contributed by atoms with van der Waals surface area (Å²) in [5, 5.41) is 10.7. The van der Waals surface area contributed by atoms with Gasteiger partial charge in [-0.3, -0.25) is 9.36 Å². The predicted molar refractivity (Wildman–Crippen MR) is 125 cm³/mol. The third-order valence-corrected chi connectivity index (χ3v) is 7.32. The van der Waals surface area contributed by atoms with E-state index in [0.29, 0.717) is 0 Å². The summed E-state index contributed by atoms with van der Waals surface area (Å²) in [6.45, 7) is 2.09. The maximum Gasteiger partial charge on any atom is 0.272 e. The molecule has 0 radical (unpaired) electrons. The molecule has 1 aromatic heterocycles. The average molecular weight is 485 g/mol. The Labute approximate surface area is 189 Å². The van der Waals surface area contributed by atoms with Gasteiger partial charge in [0.2, 0.25) is 5.88 Å². The smallest absolute Gasteiger partial charge is 0.272 e. The summed E-state index contributed by atoms with van der Waals surface area (Å²) in [5.41, 5.74) is 0.932. The number of hydrogen-bond acceptors (Lipinski definition) is 4. The molecule has 1 aliphatic rings. The van der Waals surface area contributed by atoms with E-state index in [1.165, 1.54) is 11.8 Å². The highest BCUT2D eigenvalue weighted by Crippen LogP contribution is 2.38. The molecule has 4 nitrogen and oxygen atoms in total. The maximum atomic E-state index is 13.7. The Balaban J connectivity index is 1.86. The summed E-state index contributed by atoms with van der Waals surface area (Å²) in [4.78, 5) is 19.5. The molecule has 3 aromatic rings. The Morgan fingerprint density at radius 2 is 1.80 bits per heavy atom. The number of hydrogen-bond donors (Lipinski definition) is 1. The maximum absolute atomic E-state index is 13.7. The molecule has 0 spiro atoms. The van der Waals surface area contributed by atoms with Crippen LogP contribution in [0.5, 0.6) is 5.88 Å². The number of aromatic hydroxyl groups is 1. The first-order valence-electron chi connectivity index (χ1n) is 10.4. The summed E-state index contributed by atoms with van der Waals surface area (Å²) in [6.07, 6.45) is 5.07. The van der Waals surface area contributed by atoms with Crippen LogP contribution in [0.15, 0.2) is 73.7 Å². The van der Waals surface area contributed by atoms with Crippen LogP contribution < -0.4 is 5.56 Å². The van der Waals surface area contributed by atoms with Crippen LogP contribution >= 0.6 is 27.7 Å². The molecule has 1 aliphatic carbocycles. The molecule has 1 fully saturated rings. The number of benzene rings is 2. The second-order valence-electron chi connectivity index (χ2n) is 7.67. The third-order valence-electron chi connectivity index (χ3n) is 5.72. The van der Waals surface area contributed by atoms with Gasteiger partial charge in [0.15, 0.2) is 0 Å². The van der Waals surface area contributed by atoms with E-state index >= 15 is 0 Å². The van der Waals surface area contributed by atoms with Crippen molar-refractivity contribution in [3.8, 4) is 5.88 Å². The van der Waals surface area contributed by atoms with E-state index in [2.05, 4.69) is 40.0 Å². The molecule has 2 aromatic carbocycles. The molecule has 0 aliphatic heterocycles. The van der Waals surface area contributed by atoms with E-state index in [9.17, 15) is 9.90 Å². The van der Waals surface area contributed by atoms with Gasteiger partial charge in [0, 0.05) is 15.3 Å². The molecule has 0 bridgehead atoms. The second-order valence-corrected chi connectivity index (χ2v) is 9.67. The molecule has 1 atom stereocenters. The SMILES string of the molecule is CCC(c1ccccc1)n1c(C2CCCC2)nc(O)c(Sc2ccc(Br)cc2)c1=O. The van der Waals surface area contributed by atoms with Crippen LogP contribution in [0, 0.1) is 0 Å². The van der Waals surface area contributed by atoms with Crippen molar-refractivity contribution >= 4 is 27.7 Å². The number of halogens is 1. The number of aromatic nitrogens is 2. The lowest BCUT2D eigenvalue weighted by molar-refractivity contribution is 0.402. The van der Waals surface area contributed by atoms with Crippen molar-refractivity contribution < 1.29 is 5.11 Å². The minimum absolute atomic E-state index is 0.105. The van der Waals surface area contributed by atoms with Gasteiger partial charge in [0.1, 0.15) is 10.7 Å². The topological polar surface area (TPSA) is 55.1 Å². The van der Waals surface area contributed by atoms with E-state index in [1.807, 2.05) is 47.0 Å². The van der Waals surface area contributed by atoms with Gasteiger partial charge in [-0.25, -0.2) is 0 Å². The molecular formula is C24H25BrN2O2S. The number of nitrogens with zero attached hydrogens (tertiary/aromatic N) is 2. The lowest BCUT2D eigenvalue weighted by atomic mass is 10.0. The second kappa shape index (κ2) is 9.40. The monoisotopic (exact) mass is 484 g/mol. The average Bonchev–Trinajstić information content (AvgIpc) is 3.30. The van der Waals surface area contributed by atoms with Crippen LogP contribution in [0.25, 0.3) is 0 Å². The zero-order valence-corrected chi connectivity index (χ0v) is 19.3. The van der Waals surface area contributed by atoms with Gasteiger partial charge in [-0.15, -0.1) is 0 Å². The van der Waals surface area contributed by atoms with E-state index in [1.54, 1.807) is 0 Å². The largest absolute Gasteiger partial charge is 0.492 e. The normalized spacial score (nSPS) is 15.4. The zero-order chi connectivity index (χ0) is 21.1. The van der Waals surface area contributed by atoms with Gasteiger partial charge >= 0.3 is 0 Å². The molecule has 156 valence electrons. The summed E-state index contributed by atoms with van der Waals surface area (Å²) >= 11 is 4.71. The van der Waals surface area contributed by atoms with Gasteiger partial charge in [0.05, 0.1) is 6.04 Å². The van der Waals surface area contributed by atoms with Crippen LogP contribution in [0.3, 0.4) is 0 Å². The summed E-state index contributed by atoms with van der Waals surface area (Å²) in [5.74, 6) is 0.785. The minimum atomic E-state index is -0.159. The first kappa shape index (κ1) is 21.2. The Morgan fingerprint density at radius 1 is 1.13 bits per heavy atom. The first-order valence-corrected chi connectivity index (χ1v) is 12.0. The van der Waals surface area contributed by atoms with Crippen molar-refractivity contribution in [2.45, 2.75) is 60.8 Å². The van der Waals surface area contributed by atoms with Crippen molar-refractivity contribution in [2.75, 3.05) is 0 Å². The van der Waals surface area contributed by atoms with Gasteiger partial charge < -0.3 is 5.11 Å². The molecule has 1 N–H and O–H groups in total. The fourth-order valence-electron chi connectivity index (χ4n) is 4.25. The molecule has 4 rings (SSSR count). The highest BCUT2D eigenvalue weighted by atomic mass is 79.9. The standard InChI is InChI=1S/C24H25BrN2O2S/c1-2-20(16-8-4-3-5-9-16)27-22(17-10-6-7-11-17)26-23(28)21(24(27)29)30-19-14-12-18(25)13-15-19/h3-5,8-9,12-15,17,20,28H,2,6-7,10-11H2,1H3. The highest BCUT2D eigenvalue weighted by molar-refractivity contribution is 9.10. The fraction of sp³-hybridized carbons (Fsp3) is 0.333. The molecule has 0 amide bonds. The van der Waals surface area contributed by atoms with Crippen molar-refractivity contribution in [1.29, 1.82) is 0 Å². The van der Waals surface area contributed by atoms with E-state index in [0.717, 1.165) is 52.9 Å². The molecule has 0 saturated heterocycles. The van der Waals surface area contributed by atoms with Crippen LogP contribution in [0.4, 0.5) is 0 Å². The van der Waals surface area contributed by atoms with E-state index in [-0.39, 0.29) is 28.3 Å². The van der Waals surface area contributed by atoms with E-state index < -0.39 is 0 Å². The van der Waals surface area contributed by atoms with Gasteiger partial charge in [-0.1, -0.05) is 77.8 Å². The van der Waals surface area contributed by atoms with Crippen LogP contribution in [-0.4, -0.2) is 14.7 Å². The molecule has 1 unspecified atom stereocenters. The molecular weight excluding hydrogens is 460 g/mol. The lowest BCUT2D eigenvalue weighted by Crippen LogP contribution is -2.31. The van der Waals surface area contributed by atoms with E-state index in [4.69, 9.17) is 0 Å². The lowest BCUT2D eigenvalue weighted by Gasteiger charge is -2.25. The van der Waals surface area contributed by atoms with Gasteiger partial charge in [0.25, 0.3) is 5.56 Å². The molecule has 1 saturated carbocycles. The first-order chi connectivity index (χ1) is 14.6. The quantitative estimate of drug-likeness (QED) is 0.432. The Bertz CT molecular complexity index is 1060. The molecule has 30 heavy (non-hydrogen) atoms. The van der Waals surface area contributed by atoms with Crippen LogP contribution in [0.1, 0.15) is 62.4 Å². The zero-order valence-electron chi connectivity index (χ0n) is 16.9.